The van der Waals surface area contributed by atoms with Crippen LogP contribution in [0.25, 0.3) is 6.08 Å². The number of unbranched alkanes of at least 4 members (excludes halogenated alkanes) is 1. The van der Waals surface area contributed by atoms with Crippen LogP contribution in [-0.2, 0) is 71.6 Å². The van der Waals surface area contributed by atoms with E-state index in [9.17, 15) is 77.2 Å². The molecule has 1 saturated heterocycles. The highest BCUT2D eigenvalue weighted by Crippen LogP contribution is 2.67. The second-order valence-electron chi connectivity index (χ2n) is 27.6. The smallest absolute Gasteiger partial charge is 0.408 e. The predicted molar refractivity (Wildman–Crippen MR) is 350 cm³/mol. The van der Waals surface area contributed by atoms with Crippen molar-refractivity contribution in [3.8, 4) is 0 Å². The molecule has 11 N–H and O–H groups in total. The van der Waals surface area contributed by atoms with Crippen molar-refractivity contribution >= 4 is 77.1 Å². The number of fused-ring (bicyclic) bond motifs is 5. The van der Waals surface area contributed by atoms with Crippen LogP contribution in [-0.4, -0.2) is 171 Å². The van der Waals surface area contributed by atoms with Gasteiger partial charge in [-0.2, -0.15) is 0 Å². The number of halogens is 2. The van der Waals surface area contributed by atoms with Crippen LogP contribution in [0.15, 0.2) is 96.1 Å². The summed E-state index contributed by atoms with van der Waals surface area (Å²) in [4.78, 5) is 162. The highest BCUT2D eigenvalue weighted by atomic mass is 19.1. The maximum Gasteiger partial charge on any atom is 0.408 e. The molecule has 0 radical (unpaired) electrons. The van der Waals surface area contributed by atoms with Crippen LogP contribution in [0.3, 0.4) is 0 Å². The van der Waals surface area contributed by atoms with Gasteiger partial charge >= 0.3 is 30.0 Å². The van der Waals surface area contributed by atoms with Crippen molar-refractivity contribution in [3.63, 3.8) is 0 Å². The Labute approximate surface area is 576 Å². The first-order valence-electron chi connectivity index (χ1n) is 32.8. The third kappa shape index (κ3) is 18.0. The number of rotatable bonds is 29. The van der Waals surface area contributed by atoms with E-state index in [1.165, 1.54) is 65.8 Å². The number of alkyl carbamates (subject to hydrolysis) is 1. The number of hydrogen-bond acceptors (Lipinski definition) is 20. The molecule has 100 heavy (non-hydrogen) atoms. The number of primary amides is 1. The molecule has 4 aliphatic rings. The molecule has 542 valence electrons. The fraction of sp³-hybridized carbons (Fsp3) is 0.521. The van der Waals surface area contributed by atoms with Crippen molar-refractivity contribution in [1.29, 1.82) is 0 Å². The van der Waals surface area contributed by atoms with Crippen LogP contribution in [0, 0.1) is 33.8 Å². The lowest BCUT2D eigenvalue weighted by Crippen LogP contribution is -2.78. The van der Waals surface area contributed by atoms with Crippen molar-refractivity contribution < 1.29 is 110 Å². The van der Waals surface area contributed by atoms with E-state index in [4.69, 9.17) is 29.4 Å². The number of esters is 3. The molecule has 2 bridgehead atoms. The Morgan fingerprint density at radius 2 is 1.48 bits per heavy atom. The van der Waals surface area contributed by atoms with E-state index in [0.29, 0.717) is 6.07 Å². The summed E-state index contributed by atoms with van der Waals surface area (Å²) in [6, 6.07) is 12.4. The monoisotopic (exact) mass is 1400 g/mol. The van der Waals surface area contributed by atoms with Gasteiger partial charge in [-0.3, -0.25) is 33.6 Å². The number of carbonyl (C=O) groups is 12. The summed E-state index contributed by atoms with van der Waals surface area (Å²) in [5.41, 5.74) is -3.29. The molecule has 3 aliphatic carbocycles. The zero-order valence-electron chi connectivity index (χ0n) is 57.1. The second kappa shape index (κ2) is 32.3. The van der Waals surface area contributed by atoms with E-state index in [0.717, 1.165) is 24.3 Å². The van der Waals surface area contributed by atoms with Crippen molar-refractivity contribution in [2.75, 3.05) is 13.2 Å². The minimum atomic E-state index is -2.47. The normalized spacial score (nSPS) is 25.2. The minimum Gasteiger partial charge on any atom is -0.480 e. The Hall–Kier alpha value is -9.32. The van der Waals surface area contributed by atoms with Crippen molar-refractivity contribution in [2.24, 2.45) is 27.9 Å². The van der Waals surface area contributed by atoms with E-state index in [1.807, 2.05) is 0 Å². The summed E-state index contributed by atoms with van der Waals surface area (Å²) in [7, 11) is 0. The minimum absolute atomic E-state index is 0.0283. The third-order valence-electron chi connectivity index (χ3n) is 19.2. The van der Waals surface area contributed by atoms with E-state index >= 15 is 9.59 Å². The molecule has 3 aromatic carbocycles. The molecule has 7 rings (SSSR count). The lowest BCUT2D eigenvalue weighted by Gasteiger charge is -2.68. The zero-order chi connectivity index (χ0) is 74.0. The number of carboxylic acids is 1. The second-order valence-corrected chi connectivity index (χ2v) is 27.6. The summed E-state index contributed by atoms with van der Waals surface area (Å²) >= 11 is 0. The molecule has 29 heteroatoms. The van der Waals surface area contributed by atoms with Crippen LogP contribution >= 0.6 is 0 Å². The van der Waals surface area contributed by atoms with E-state index in [-0.39, 0.29) is 85.3 Å². The number of ether oxygens (including phenoxy) is 5. The van der Waals surface area contributed by atoms with Crippen LogP contribution in [0.2, 0.25) is 0 Å². The number of carbonyl (C=O) groups excluding carboxylic acids is 11. The van der Waals surface area contributed by atoms with E-state index in [2.05, 4.69) is 26.6 Å². The number of aliphatic hydroxyl groups excluding tert-OH is 2. The number of aliphatic hydroxyl groups is 3. The standard InChI is InChI=1S/C71H88F2N6O21/c1-37(80)34-70-36-96-49(70)33-48(81)69(9)58(70)60(99-64(92)42-20-14-11-15-21-42)71(95)35-47(38(2)54(68(71,7)8)56(86)59(69)87)97-65(93)57(55(41-18-12-10-13-19-41)79-66(94)100-67(4,5)6)98-53(85)30-29-50(82)75-31-17-16-22-46(63(90)91)77-52(84)28-26-45(61(74)88)78-62(89)39(3)76-51(83)27-24-40-23-25-43(72)32-44(40)73/h10-15,18-21,23-25,27,32,39,45-49,55-58,60,81,86,95H,16-17,22,26,28-31,33-36H2,1-9H3,(H2,74,88)(H,75,82)(H,76,83)(H,77,84)(H,78,89)(H,79,94)(H,90,91)/b27-24+/t39-,45+,46-,47-,48-,49+,55-,56+,57+,58-,60-,69+,70+,71+/m0/s1. The lowest BCUT2D eigenvalue weighted by molar-refractivity contribution is -0.319. The highest BCUT2D eigenvalue weighted by Gasteiger charge is 2.76. The molecule has 2 saturated carbocycles. The van der Waals surface area contributed by atoms with Gasteiger partial charge in [-0.05, 0) is 121 Å². The number of Topliss-reactive ketones (excluding diaryl/α,β-unsaturated/α-hetero) is 2. The summed E-state index contributed by atoms with van der Waals surface area (Å²) in [6.45, 7) is 12.9. The van der Waals surface area contributed by atoms with Gasteiger partial charge in [-0.15, -0.1) is 0 Å². The van der Waals surface area contributed by atoms with Crippen LogP contribution in [0.1, 0.15) is 154 Å². The summed E-state index contributed by atoms with van der Waals surface area (Å²) in [6.07, 6.45) is -12.4. The number of nitrogens with one attached hydrogen (secondary N) is 5. The molecule has 3 fully saturated rings. The molecule has 1 heterocycles. The predicted octanol–water partition coefficient (Wildman–Crippen LogP) is 4.36. The van der Waals surface area contributed by atoms with Gasteiger partial charge in [0.25, 0.3) is 0 Å². The van der Waals surface area contributed by atoms with Gasteiger partial charge in [0.2, 0.25) is 35.6 Å². The Morgan fingerprint density at radius 1 is 0.820 bits per heavy atom. The quantitative estimate of drug-likeness (QED) is 0.0152. The Bertz CT molecular complexity index is 3680. The molecule has 27 nitrogen and oxygen atoms in total. The molecular formula is C71H88F2N6O21. The molecule has 0 unspecified atom stereocenters. The average molecular weight is 1400 g/mol. The van der Waals surface area contributed by atoms with Gasteiger partial charge in [0, 0.05) is 73.1 Å². The first-order valence-corrected chi connectivity index (χ1v) is 32.8. The van der Waals surface area contributed by atoms with Gasteiger partial charge in [-0.25, -0.2) is 28.0 Å². The molecule has 3 aromatic rings. The fourth-order valence-electron chi connectivity index (χ4n) is 13.9. The molecule has 6 amide bonds. The Morgan fingerprint density at radius 3 is 2.08 bits per heavy atom. The SMILES string of the molecule is CC(=O)C[C@@]12CO[C@@H]1C[C@H](O)[C@@]1(C)C(=O)[C@H](O)C3=C(C)[C@@H](OC(=O)[C@H](OC(=O)CCC(=O)NCCCC[C@H](NC(=O)CC[C@@H](NC(=O)[C@H](C)NC(=O)/C=C/c4ccc(F)cc4F)C(N)=O)C(=O)O)[C@@H](NC(=O)OC(C)(C)C)c4ccccc4)C[C@@](O)([C@@H](OC(=O)c4ccccc4)[C@H]21)C3(C)C. The van der Waals surface area contributed by atoms with Gasteiger partial charge in [-0.1, -0.05) is 62.4 Å². The topological polar surface area (TPSA) is 418 Å². The number of hydrogen-bond donors (Lipinski definition) is 10. The van der Waals surface area contributed by atoms with Crippen LogP contribution in [0.4, 0.5) is 13.6 Å². The van der Waals surface area contributed by atoms with Crippen LogP contribution in [0.5, 0.6) is 0 Å². The number of benzene rings is 3. The molecule has 14 atom stereocenters. The van der Waals surface area contributed by atoms with Crippen molar-refractivity contribution in [2.45, 2.75) is 199 Å². The first-order chi connectivity index (χ1) is 46.8. The van der Waals surface area contributed by atoms with Crippen LogP contribution < -0.4 is 32.3 Å². The molecule has 0 spiro atoms. The van der Waals surface area contributed by atoms with E-state index < -0.39 is 197 Å². The maximum absolute atomic E-state index is 15.4. The van der Waals surface area contributed by atoms with Crippen molar-refractivity contribution in [3.05, 3.63) is 124 Å². The number of ketones is 2. The highest BCUT2D eigenvalue weighted by molar-refractivity contribution is 5.97. The molecule has 1 aliphatic heterocycles. The number of nitrogens with two attached hydrogens (primary N) is 1. The summed E-state index contributed by atoms with van der Waals surface area (Å²) < 4.78 is 57.5. The number of carboxylic acid groups (broad SMARTS) is 1. The Kier molecular flexibility index (Phi) is 25.2. The van der Waals surface area contributed by atoms with Gasteiger partial charge < -0.3 is 81.2 Å². The largest absolute Gasteiger partial charge is 0.480 e. The van der Waals surface area contributed by atoms with Gasteiger partial charge in [0.15, 0.2) is 5.78 Å². The maximum atomic E-state index is 15.4. The summed E-state index contributed by atoms with van der Waals surface area (Å²) in [5, 5.41) is 60.7. The zero-order valence-corrected chi connectivity index (χ0v) is 57.1. The van der Waals surface area contributed by atoms with Gasteiger partial charge in [0.05, 0.1) is 36.2 Å². The lowest BCUT2D eigenvalue weighted by atomic mass is 9.41. The number of amides is 6. The molecule has 0 aromatic heterocycles. The van der Waals surface area contributed by atoms with Crippen molar-refractivity contribution in [1.82, 2.24) is 26.6 Å². The van der Waals surface area contributed by atoms with Gasteiger partial charge in [0.1, 0.15) is 71.1 Å². The third-order valence-corrected chi connectivity index (χ3v) is 19.2. The van der Waals surface area contributed by atoms with E-state index in [1.54, 1.807) is 57.2 Å². The number of aliphatic carboxylic acids is 1. The molecular weight excluding hydrogens is 1310 g/mol. The summed E-state index contributed by atoms with van der Waals surface area (Å²) in [5.74, 6) is -13.7. The average Bonchev–Trinajstić information content (AvgIpc) is 0.670. The Balaban J connectivity index is 1.04. The fourth-order valence-corrected chi connectivity index (χ4v) is 13.9. The first kappa shape index (κ1) is 78.0.